The standard InChI is InChI=1S/C8H21OPSi2/c1-8(10,11(2)3)9-12-6-4-5-7-12/h11-12H,4-7,10H2,1-3H3. The molecule has 0 bridgehead atoms. The molecule has 1 aliphatic heterocycles. The summed E-state index contributed by atoms with van der Waals surface area (Å²) in [5.41, 5.74) is 0. The summed E-state index contributed by atoms with van der Waals surface area (Å²) in [5.74, 6) is 0. The van der Waals surface area contributed by atoms with Gasteiger partial charge in [-0.05, 0) is 19.0 Å². The van der Waals surface area contributed by atoms with E-state index in [2.05, 4.69) is 29.3 Å². The zero-order valence-electron chi connectivity index (χ0n) is 8.47. The van der Waals surface area contributed by atoms with Crippen molar-refractivity contribution in [3.05, 3.63) is 0 Å². The second-order valence-corrected chi connectivity index (χ2v) is 12.3. The number of hydrogen-bond donors (Lipinski definition) is 0. The Balaban J connectivity index is 2.37. The minimum atomic E-state index is -0.748. The third kappa shape index (κ3) is 2.95. The quantitative estimate of drug-likeness (QED) is 0.523. The van der Waals surface area contributed by atoms with E-state index < -0.39 is 17.8 Å². The van der Waals surface area contributed by atoms with Crippen LogP contribution < -0.4 is 0 Å². The molecule has 1 heterocycles. The molecule has 0 aliphatic carbocycles. The van der Waals surface area contributed by atoms with Gasteiger partial charge in [-0.2, -0.15) is 0 Å². The average Bonchev–Trinajstić information content (AvgIpc) is 2.38. The predicted octanol–water partition coefficient (Wildman–Crippen LogP) is 2.14. The first kappa shape index (κ1) is 10.9. The first-order valence-electron chi connectivity index (χ1n) is 4.99. The predicted molar refractivity (Wildman–Crippen MR) is 64.1 cm³/mol. The summed E-state index contributed by atoms with van der Waals surface area (Å²) >= 11 is 0. The van der Waals surface area contributed by atoms with Crippen molar-refractivity contribution in [3.63, 3.8) is 0 Å². The highest BCUT2D eigenvalue weighted by atomic mass is 31.0. The molecule has 1 fully saturated rings. The lowest BCUT2D eigenvalue weighted by atomic mass is 10.4. The van der Waals surface area contributed by atoms with Gasteiger partial charge in [-0.25, -0.2) is 0 Å². The largest absolute Gasteiger partial charge is 0.415 e. The molecule has 0 radical (unpaired) electrons. The topological polar surface area (TPSA) is 9.23 Å². The molecular weight excluding hydrogens is 199 g/mol. The van der Waals surface area contributed by atoms with Crippen molar-refractivity contribution in [2.24, 2.45) is 0 Å². The lowest BCUT2D eigenvalue weighted by molar-refractivity contribution is 0.263. The molecule has 1 rings (SSSR count). The maximum atomic E-state index is 6.22. The summed E-state index contributed by atoms with van der Waals surface area (Å²) in [6.07, 6.45) is 2.86. The van der Waals surface area contributed by atoms with E-state index in [9.17, 15) is 0 Å². The molecular formula is C8H21OPSi2. The zero-order chi connectivity index (χ0) is 9.19. The smallest absolute Gasteiger partial charge is 0.177 e. The van der Waals surface area contributed by atoms with Crippen molar-refractivity contribution >= 4 is 27.1 Å². The van der Waals surface area contributed by atoms with Crippen molar-refractivity contribution in [1.29, 1.82) is 0 Å². The van der Waals surface area contributed by atoms with Crippen LogP contribution in [-0.2, 0) is 4.43 Å². The Morgan fingerprint density at radius 1 is 1.33 bits per heavy atom. The molecule has 0 N–H and O–H groups in total. The number of rotatable bonds is 3. The van der Waals surface area contributed by atoms with Gasteiger partial charge in [-0.15, -0.1) is 9.24 Å². The second kappa shape index (κ2) is 4.36. The molecule has 4 heteroatoms. The van der Waals surface area contributed by atoms with Gasteiger partial charge in [0, 0.05) is 0 Å². The van der Waals surface area contributed by atoms with Gasteiger partial charge in [0.1, 0.15) is 0 Å². The van der Waals surface area contributed by atoms with Gasteiger partial charge in [-0.1, -0.05) is 25.9 Å². The van der Waals surface area contributed by atoms with Gasteiger partial charge in [0.25, 0.3) is 0 Å². The maximum absolute atomic E-state index is 6.22. The van der Waals surface area contributed by atoms with E-state index in [1.165, 1.54) is 24.9 Å². The molecule has 1 saturated heterocycles. The minimum absolute atomic E-state index is 0.182. The van der Waals surface area contributed by atoms with Crippen LogP contribution in [0.2, 0.25) is 25.2 Å². The molecule has 0 spiro atoms. The van der Waals surface area contributed by atoms with E-state index in [1.807, 2.05) is 0 Å². The SMILES string of the molecule is C[SiH](C)C(C)(P)O[SiH]1CCCC1. The fraction of sp³-hybridized carbons (Fsp3) is 1.00. The van der Waals surface area contributed by atoms with E-state index >= 15 is 0 Å². The highest BCUT2D eigenvalue weighted by Gasteiger charge is 2.30. The summed E-state index contributed by atoms with van der Waals surface area (Å²) in [6.45, 7) is 7.01. The lowest BCUT2D eigenvalue weighted by Crippen LogP contribution is -2.39. The third-order valence-corrected chi connectivity index (χ3v) is 10.9. The highest BCUT2D eigenvalue weighted by molar-refractivity contribution is 7.24. The molecule has 1 nitrogen and oxygen atoms in total. The molecule has 1 aliphatic rings. The fourth-order valence-corrected chi connectivity index (χ4v) is 6.48. The molecule has 72 valence electrons. The molecule has 12 heavy (non-hydrogen) atoms. The fourth-order valence-electron chi connectivity index (χ4n) is 1.50. The Hall–Kier alpha value is 0.824. The van der Waals surface area contributed by atoms with E-state index in [0.717, 1.165) is 0 Å². The summed E-state index contributed by atoms with van der Waals surface area (Å²) in [5, 5.41) is 0. The van der Waals surface area contributed by atoms with Gasteiger partial charge < -0.3 is 4.43 Å². The molecule has 0 aromatic heterocycles. The Bertz CT molecular complexity index is 144. The first-order chi connectivity index (χ1) is 5.52. The van der Waals surface area contributed by atoms with Crippen LogP contribution in [0.5, 0.6) is 0 Å². The second-order valence-electron chi connectivity index (χ2n) is 4.36. The Morgan fingerprint density at radius 3 is 2.25 bits per heavy atom. The lowest BCUT2D eigenvalue weighted by Gasteiger charge is -2.32. The van der Waals surface area contributed by atoms with Crippen molar-refractivity contribution < 1.29 is 4.43 Å². The van der Waals surface area contributed by atoms with Gasteiger partial charge in [0.2, 0.25) is 0 Å². The van der Waals surface area contributed by atoms with Crippen LogP contribution in [0.25, 0.3) is 0 Å². The van der Waals surface area contributed by atoms with Gasteiger partial charge in [0.05, 0.1) is 13.8 Å². The monoisotopic (exact) mass is 220 g/mol. The minimum Gasteiger partial charge on any atom is -0.415 e. The van der Waals surface area contributed by atoms with Crippen LogP contribution in [0, 0.1) is 0 Å². The van der Waals surface area contributed by atoms with Crippen LogP contribution in [0.3, 0.4) is 0 Å². The Labute approximate surface area is 81.8 Å². The Kier molecular flexibility index (Phi) is 3.96. The van der Waals surface area contributed by atoms with Gasteiger partial charge >= 0.3 is 0 Å². The van der Waals surface area contributed by atoms with Crippen molar-refractivity contribution in [2.75, 3.05) is 0 Å². The molecule has 2 unspecified atom stereocenters. The Morgan fingerprint density at radius 2 is 1.83 bits per heavy atom. The van der Waals surface area contributed by atoms with E-state index in [1.54, 1.807) is 0 Å². The van der Waals surface area contributed by atoms with Crippen LogP contribution in [0.1, 0.15) is 19.8 Å². The molecule has 0 amide bonds. The zero-order valence-corrected chi connectivity index (χ0v) is 11.9. The van der Waals surface area contributed by atoms with E-state index in [4.69, 9.17) is 4.43 Å². The van der Waals surface area contributed by atoms with Crippen LogP contribution >= 0.6 is 9.24 Å². The molecule has 0 aromatic rings. The summed E-state index contributed by atoms with van der Waals surface area (Å²) < 4.78 is 6.22. The number of hydrogen-bond acceptors (Lipinski definition) is 1. The summed E-state index contributed by atoms with van der Waals surface area (Å²) in [4.78, 5) is 0.182. The van der Waals surface area contributed by atoms with Crippen LogP contribution in [0.15, 0.2) is 0 Å². The van der Waals surface area contributed by atoms with Gasteiger partial charge in [-0.3, -0.25) is 0 Å². The van der Waals surface area contributed by atoms with Crippen molar-refractivity contribution in [3.8, 4) is 0 Å². The summed E-state index contributed by atoms with van der Waals surface area (Å²) in [6, 6.07) is 2.84. The van der Waals surface area contributed by atoms with Crippen LogP contribution in [0.4, 0.5) is 0 Å². The van der Waals surface area contributed by atoms with Crippen LogP contribution in [-0.4, -0.2) is 22.8 Å². The molecule has 2 atom stereocenters. The third-order valence-electron chi connectivity index (χ3n) is 2.87. The first-order valence-corrected chi connectivity index (χ1v) is 10.6. The van der Waals surface area contributed by atoms with Gasteiger partial charge in [0.15, 0.2) is 9.04 Å². The highest BCUT2D eigenvalue weighted by Crippen LogP contribution is 2.30. The van der Waals surface area contributed by atoms with Crippen molar-refractivity contribution in [1.82, 2.24) is 0 Å². The maximum Gasteiger partial charge on any atom is 0.177 e. The normalized spacial score (nSPS) is 24.8. The average molecular weight is 220 g/mol. The summed E-state index contributed by atoms with van der Waals surface area (Å²) in [7, 11) is 1.53. The van der Waals surface area contributed by atoms with E-state index in [0.29, 0.717) is 0 Å². The van der Waals surface area contributed by atoms with Crippen molar-refractivity contribution in [2.45, 2.75) is 49.9 Å². The van der Waals surface area contributed by atoms with E-state index in [-0.39, 0.29) is 4.97 Å². The molecule has 0 aromatic carbocycles. The molecule has 0 saturated carbocycles.